The number of piperidine rings is 1. The number of carbonyl (C=O) groups excluding carboxylic acids is 1. The third-order valence-corrected chi connectivity index (χ3v) is 7.21. The molecular formula is C29H41N3O4. The average Bonchev–Trinajstić information content (AvgIpc) is 3.10. The monoisotopic (exact) mass is 495 g/mol. The summed E-state index contributed by atoms with van der Waals surface area (Å²) >= 11 is 0. The van der Waals surface area contributed by atoms with E-state index < -0.39 is 0 Å². The maximum absolute atomic E-state index is 12.9. The van der Waals surface area contributed by atoms with Crippen molar-refractivity contribution in [3.63, 3.8) is 0 Å². The third kappa shape index (κ3) is 6.99. The Bertz CT molecular complexity index is 977. The molecule has 4 rings (SSSR count). The molecule has 2 heterocycles. The van der Waals surface area contributed by atoms with Gasteiger partial charge in [-0.2, -0.15) is 0 Å². The van der Waals surface area contributed by atoms with Crippen molar-refractivity contribution in [2.45, 2.75) is 46.3 Å². The van der Waals surface area contributed by atoms with Crippen LogP contribution in [0.4, 0.5) is 0 Å². The number of rotatable bonds is 10. The van der Waals surface area contributed by atoms with Gasteiger partial charge in [0.1, 0.15) is 24.7 Å². The molecule has 2 aliphatic rings. The Labute approximate surface area is 215 Å². The highest BCUT2D eigenvalue weighted by Gasteiger charge is 2.28. The predicted octanol–water partition coefficient (Wildman–Crippen LogP) is 3.53. The fraction of sp³-hybridized carbons (Fsp3) is 0.552. The predicted molar refractivity (Wildman–Crippen MR) is 141 cm³/mol. The minimum absolute atomic E-state index is 0.0176. The van der Waals surface area contributed by atoms with Crippen molar-refractivity contribution in [3.05, 3.63) is 59.2 Å². The van der Waals surface area contributed by atoms with E-state index in [0.29, 0.717) is 19.1 Å². The summed E-state index contributed by atoms with van der Waals surface area (Å²) in [6, 6.07) is 14.7. The lowest BCUT2D eigenvalue weighted by Gasteiger charge is -2.34. The maximum atomic E-state index is 12.9. The second kappa shape index (κ2) is 13.1. The van der Waals surface area contributed by atoms with Gasteiger partial charge < -0.3 is 19.5 Å². The number of aliphatic hydroxyl groups is 1. The Kier molecular flexibility index (Phi) is 9.61. The van der Waals surface area contributed by atoms with Crippen LogP contribution in [0.15, 0.2) is 42.5 Å². The van der Waals surface area contributed by atoms with Crippen molar-refractivity contribution < 1.29 is 19.4 Å². The van der Waals surface area contributed by atoms with Gasteiger partial charge in [0, 0.05) is 51.4 Å². The van der Waals surface area contributed by atoms with Crippen LogP contribution in [0, 0.1) is 5.92 Å². The quantitative estimate of drug-likeness (QED) is 0.544. The maximum Gasteiger partial charge on any atom is 0.226 e. The Morgan fingerprint density at radius 3 is 2.56 bits per heavy atom. The summed E-state index contributed by atoms with van der Waals surface area (Å²) in [5.41, 5.74) is 3.73. The summed E-state index contributed by atoms with van der Waals surface area (Å²) in [7, 11) is 0. The fourth-order valence-electron chi connectivity index (χ4n) is 5.30. The topological polar surface area (TPSA) is 65.5 Å². The van der Waals surface area contributed by atoms with Gasteiger partial charge >= 0.3 is 0 Å². The normalized spacial score (nSPS) is 18.7. The molecule has 36 heavy (non-hydrogen) atoms. The molecule has 0 radical (unpaired) electrons. The van der Waals surface area contributed by atoms with Gasteiger partial charge in [0.05, 0.1) is 12.5 Å². The van der Waals surface area contributed by atoms with Crippen molar-refractivity contribution in [2.24, 2.45) is 5.92 Å². The molecule has 1 amide bonds. The minimum atomic E-state index is 0.0176. The van der Waals surface area contributed by atoms with E-state index in [-0.39, 0.29) is 12.5 Å². The van der Waals surface area contributed by atoms with Gasteiger partial charge in [-0.05, 0) is 68.6 Å². The first-order valence-corrected chi connectivity index (χ1v) is 13.4. The number of nitrogens with zero attached hydrogens (tertiary/aromatic N) is 3. The van der Waals surface area contributed by atoms with Crippen LogP contribution < -0.4 is 9.47 Å². The van der Waals surface area contributed by atoms with Gasteiger partial charge in [-0.25, -0.2) is 0 Å². The summed E-state index contributed by atoms with van der Waals surface area (Å²) in [5.74, 6) is 2.17. The zero-order valence-electron chi connectivity index (χ0n) is 21.8. The van der Waals surface area contributed by atoms with Crippen LogP contribution >= 0.6 is 0 Å². The van der Waals surface area contributed by atoms with Crippen LogP contribution in [0.1, 0.15) is 43.4 Å². The van der Waals surface area contributed by atoms with Gasteiger partial charge in [0.25, 0.3) is 0 Å². The summed E-state index contributed by atoms with van der Waals surface area (Å²) in [5, 5.41) is 8.93. The lowest BCUT2D eigenvalue weighted by molar-refractivity contribution is -0.137. The highest BCUT2D eigenvalue weighted by atomic mass is 16.5. The van der Waals surface area contributed by atoms with Crippen LogP contribution in [-0.2, 0) is 24.4 Å². The number of hydrogen-bond acceptors (Lipinski definition) is 6. The average molecular weight is 496 g/mol. The first-order valence-electron chi connectivity index (χ1n) is 13.4. The molecule has 1 saturated heterocycles. The lowest BCUT2D eigenvalue weighted by Crippen LogP contribution is -2.44. The van der Waals surface area contributed by atoms with Crippen LogP contribution in [0.3, 0.4) is 0 Å². The van der Waals surface area contributed by atoms with Crippen LogP contribution in [0.25, 0.3) is 0 Å². The van der Waals surface area contributed by atoms with E-state index in [2.05, 4.69) is 54.0 Å². The summed E-state index contributed by atoms with van der Waals surface area (Å²) < 4.78 is 11.6. The number of ether oxygens (including phenoxy) is 2. The molecule has 0 unspecified atom stereocenters. The molecule has 1 atom stereocenters. The number of amides is 1. The highest BCUT2D eigenvalue weighted by molar-refractivity contribution is 5.79. The lowest BCUT2D eigenvalue weighted by atomic mass is 9.95. The van der Waals surface area contributed by atoms with Crippen molar-refractivity contribution in [2.75, 3.05) is 52.5 Å². The van der Waals surface area contributed by atoms with E-state index in [1.165, 1.54) is 16.7 Å². The SMILES string of the molecule is CCN(CC)C(=O)[C@H]1CCCN(Cc2ccc3c(c2)CN(Cc2ccc(OCCO)cc2)CCO3)C1. The number of carbonyl (C=O) groups is 1. The van der Waals surface area contributed by atoms with E-state index in [4.69, 9.17) is 14.6 Å². The molecule has 2 aromatic rings. The molecule has 2 aliphatic heterocycles. The first-order chi connectivity index (χ1) is 17.6. The number of fused-ring (bicyclic) bond motifs is 1. The molecule has 0 aromatic heterocycles. The van der Waals surface area contributed by atoms with E-state index >= 15 is 0 Å². The smallest absolute Gasteiger partial charge is 0.226 e. The van der Waals surface area contributed by atoms with Crippen LogP contribution in [0.2, 0.25) is 0 Å². The molecule has 0 spiro atoms. The second-order valence-corrected chi connectivity index (χ2v) is 9.80. The number of benzene rings is 2. The Balaban J connectivity index is 1.37. The highest BCUT2D eigenvalue weighted by Crippen LogP contribution is 2.27. The van der Waals surface area contributed by atoms with E-state index in [9.17, 15) is 4.79 Å². The minimum Gasteiger partial charge on any atom is -0.492 e. The third-order valence-electron chi connectivity index (χ3n) is 7.21. The van der Waals surface area contributed by atoms with Crippen molar-refractivity contribution in [1.29, 1.82) is 0 Å². The summed E-state index contributed by atoms with van der Waals surface area (Å²) in [6.07, 6.45) is 2.07. The van der Waals surface area contributed by atoms with E-state index in [1.54, 1.807) is 0 Å². The van der Waals surface area contributed by atoms with Gasteiger partial charge in [0.2, 0.25) is 5.91 Å². The Morgan fingerprint density at radius 2 is 1.81 bits per heavy atom. The molecule has 1 N–H and O–H groups in total. The van der Waals surface area contributed by atoms with Gasteiger partial charge in [-0.3, -0.25) is 14.6 Å². The van der Waals surface area contributed by atoms with Gasteiger partial charge in [0.15, 0.2) is 0 Å². The zero-order chi connectivity index (χ0) is 25.3. The molecule has 0 bridgehead atoms. The first kappa shape index (κ1) is 26.5. The van der Waals surface area contributed by atoms with Gasteiger partial charge in [-0.15, -0.1) is 0 Å². The molecule has 196 valence electrons. The summed E-state index contributed by atoms with van der Waals surface area (Å²) in [4.78, 5) is 19.7. The number of aliphatic hydroxyl groups excluding tert-OH is 1. The van der Waals surface area contributed by atoms with Crippen molar-refractivity contribution >= 4 is 5.91 Å². The van der Waals surface area contributed by atoms with Crippen molar-refractivity contribution in [3.8, 4) is 11.5 Å². The Hall–Kier alpha value is -2.61. The molecule has 7 heteroatoms. The number of likely N-dealkylation sites (tertiary alicyclic amines) is 1. The zero-order valence-corrected chi connectivity index (χ0v) is 21.8. The molecule has 7 nitrogen and oxygen atoms in total. The van der Waals surface area contributed by atoms with Crippen molar-refractivity contribution in [1.82, 2.24) is 14.7 Å². The van der Waals surface area contributed by atoms with E-state index in [0.717, 1.165) is 76.7 Å². The molecule has 2 aromatic carbocycles. The Morgan fingerprint density at radius 1 is 1.06 bits per heavy atom. The van der Waals surface area contributed by atoms with E-state index in [1.807, 2.05) is 17.0 Å². The second-order valence-electron chi connectivity index (χ2n) is 9.80. The number of hydrogen-bond donors (Lipinski definition) is 1. The molecule has 0 saturated carbocycles. The fourth-order valence-corrected chi connectivity index (χ4v) is 5.30. The van der Waals surface area contributed by atoms with Crippen LogP contribution in [0.5, 0.6) is 11.5 Å². The largest absolute Gasteiger partial charge is 0.492 e. The van der Waals surface area contributed by atoms with Crippen LogP contribution in [-0.4, -0.2) is 78.3 Å². The molecule has 1 fully saturated rings. The molecule has 0 aliphatic carbocycles. The standard InChI is InChI=1S/C29H41N3O4/c1-3-32(4-2)29(34)25-6-5-13-30(21-25)20-24-9-12-28-26(18-24)22-31(14-16-36-28)19-23-7-10-27(11-8-23)35-17-15-33/h7-12,18,25,33H,3-6,13-17,19-22H2,1-2H3/t25-/m0/s1. The summed E-state index contributed by atoms with van der Waals surface area (Å²) in [6.45, 7) is 12.0. The van der Waals surface area contributed by atoms with Gasteiger partial charge in [-0.1, -0.05) is 18.2 Å². The molecular weight excluding hydrogens is 454 g/mol.